The number of hydrogen-bond acceptors (Lipinski definition) is 6. The molecule has 0 saturated carbocycles. The zero-order valence-electron chi connectivity index (χ0n) is 16.2. The highest BCUT2D eigenvalue weighted by atomic mass is 16.4. The van der Waals surface area contributed by atoms with Gasteiger partial charge < -0.3 is 26.0 Å². The number of carbonyl (C=O) groups is 4. The largest absolute Gasteiger partial charge is 0.480 e. The van der Waals surface area contributed by atoms with Crippen molar-refractivity contribution in [2.45, 2.75) is 46.0 Å². The summed E-state index contributed by atoms with van der Waals surface area (Å²) in [6.45, 7) is 3.34. The number of rotatable bonds is 14. The van der Waals surface area contributed by atoms with E-state index in [1.807, 2.05) is 6.92 Å². The van der Waals surface area contributed by atoms with E-state index in [0.29, 0.717) is 6.42 Å². The van der Waals surface area contributed by atoms with Crippen LogP contribution in [0.15, 0.2) is 0 Å². The Hall–Kier alpha value is -2.20. The van der Waals surface area contributed by atoms with E-state index in [-0.39, 0.29) is 25.4 Å². The van der Waals surface area contributed by atoms with Crippen LogP contribution in [0.4, 0.5) is 0 Å². The van der Waals surface area contributed by atoms with Crippen molar-refractivity contribution >= 4 is 23.8 Å². The molecule has 0 radical (unpaired) electrons. The first kappa shape index (κ1) is 27.0. The second-order valence-electron chi connectivity index (χ2n) is 5.95. The Morgan fingerprint density at radius 2 is 1.26 bits per heavy atom. The van der Waals surface area contributed by atoms with Gasteiger partial charge in [0.1, 0.15) is 6.54 Å². The lowest BCUT2D eigenvalue weighted by atomic mass is 10.2. The van der Waals surface area contributed by atoms with E-state index in [2.05, 4.69) is 6.92 Å². The van der Waals surface area contributed by atoms with Crippen molar-refractivity contribution in [3.05, 3.63) is 0 Å². The molecule has 0 aliphatic heterocycles. The van der Waals surface area contributed by atoms with Crippen LogP contribution in [0.5, 0.6) is 0 Å². The van der Waals surface area contributed by atoms with Gasteiger partial charge in [0.15, 0.2) is 0 Å². The SMILES string of the molecule is CCCCCC(=O)N(CCN(CC(=O)O)CC(=O)O)CC(=O)O.CCCN. The first-order chi connectivity index (χ1) is 12.7. The Kier molecular flexibility index (Phi) is 17.2. The van der Waals surface area contributed by atoms with E-state index < -0.39 is 37.5 Å². The summed E-state index contributed by atoms with van der Waals surface area (Å²) in [6, 6.07) is 0. The van der Waals surface area contributed by atoms with Gasteiger partial charge in [-0.05, 0) is 19.4 Å². The highest BCUT2D eigenvalue weighted by Crippen LogP contribution is 2.04. The molecule has 158 valence electrons. The molecule has 10 nitrogen and oxygen atoms in total. The number of nitrogens with two attached hydrogens (primary N) is 1. The molecular formula is C17H33N3O7. The molecule has 0 aromatic heterocycles. The molecule has 0 spiro atoms. The summed E-state index contributed by atoms with van der Waals surface area (Å²) in [4.78, 5) is 46.6. The van der Waals surface area contributed by atoms with Gasteiger partial charge >= 0.3 is 17.9 Å². The smallest absolute Gasteiger partial charge is 0.323 e. The molecule has 0 aliphatic carbocycles. The van der Waals surface area contributed by atoms with Crippen molar-refractivity contribution < 1.29 is 34.5 Å². The molecule has 27 heavy (non-hydrogen) atoms. The molecule has 1 amide bonds. The average molecular weight is 391 g/mol. The molecule has 0 heterocycles. The Labute approximate surface area is 159 Å². The van der Waals surface area contributed by atoms with Crippen LogP contribution in [0.3, 0.4) is 0 Å². The molecule has 10 heteroatoms. The first-order valence-electron chi connectivity index (χ1n) is 9.03. The number of carboxylic acid groups (broad SMARTS) is 3. The maximum Gasteiger partial charge on any atom is 0.323 e. The second-order valence-corrected chi connectivity index (χ2v) is 5.95. The normalized spacial score (nSPS) is 10.1. The average Bonchev–Trinajstić information content (AvgIpc) is 2.57. The van der Waals surface area contributed by atoms with Crippen LogP contribution in [0, 0.1) is 0 Å². The highest BCUT2D eigenvalue weighted by Gasteiger charge is 2.19. The fourth-order valence-electron chi connectivity index (χ4n) is 2.00. The molecule has 0 saturated heterocycles. The third-order valence-electron chi connectivity index (χ3n) is 3.37. The number of carbonyl (C=O) groups excluding carboxylic acids is 1. The van der Waals surface area contributed by atoms with Crippen molar-refractivity contribution in [1.29, 1.82) is 0 Å². The van der Waals surface area contributed by atoms with Crippen LogP contribution in [-0.4, -0.2) is 88.2 Å². The third kappa shape index (κ3) is 18.4. The summed E-state index contributed by atoms with van der Waals surface area (Å²) in [5.41, 5.74) is 5.03. The van der Waals surface area contributed by atoms with Gasteiger partial charge in [0, 0.05) is 19.5 Å². The lowest BCUT2D eigenvalue weighted by Gasteiger charge is -2.25. The number of hydrogen-bond donors (Lipinski definition) is 4. The van der Waals surface area contributed by atoms with Crippen molar-refractivity contribution in [2.75, 3.05) is 39.3 Å². The summed E-state index contributed by atoms with van der Waals surface area (Å²) >= 11 is 0. The predicted molar refractivity (Wildman–Crippen MR) is 99.4 cm³/mol. The van der Waals surface area contributed by atoms with E-state index in [1.54, 1.807) is 0 Å². The standard InChI is InChI=1S/C14H24N2O7.C3H9N/c1-2-3-4-5-11(17)16(10-14(22)23)7-6-15(8-12(18)19)9-13(20)21;1-2-3-4/h2-10H2,1H3,(H,18,19)(H,20,21)(H,22,23);2-4H2,1H3. The lowest BCUT2D eigenvalue weighted by Crippen LogP contribution is -2.44. The second kappa shape index (κ2) is 17.2. The van der Waals surface area contributed by atoms with Crippen LogP contribution in [-0.2, 0) is 19.2 Å². The van der Waals surface area contributed by atoms with E-state index in [4.69, 9.17) is 21.1 Å². The Morgan fingerprint density at radius 1 is 0.778 bits per heavy atom. The van der Waals surface area contributed by atoms with Gasteiger partial charge in [0.25, 0.3) is 0 Å². The molecular weight excluding hydrogens is 358 g/mol. The topological polar surface area (TPSA) is 161 Å². The number of unbranched alkanes of at least 4 members (excludes halogenated alkanes) is 2. The van der Waals surface area contributed by atoms with Crippen molar-refractivity contribution in [1.82, 2.24) is 9.80 Å². The summed E-state index contributed by atoms with van der Waals surface area (Å²) in [5, 5.41) is 26.4. The molecule has 5 N–H and O–H groups in total. The van der Waals surface area contributed by atoms with Gasteiger partial charge in [0.2, 0.25) is 5.91 Å². The molecule has 0 fully saturated rings. The Bertz CT molecular complexity index is 440. The van der Waals surface area contributed by atoms with Crippen molar-refractivity contribution in [2.24, 2.45) is 5.73 Å². The minimum Gasteiger partial charge on any atom is -0.480 e. The van der Waals surface area contributed by atoms with Crippen LogP contribution in [0.2, 0.25) is 0 Å². The zero-order chi connectivity index (χ0) is 21.2. The molecule has 0 unspecified atom stereocenters. The van der Waals surface area contributed by atoms with Crippen molar-refractivity contribution in [3.63, 3.8) is 0 Å². The minimum absolute atomic E-state index is 0.0224. The number of nitrogens with zero attached hydrogens (tertiary/aromatic N) is 2. The highest BCUT2D eigenvalue weighted by molar-refractivity contribution is 5.81. The molecule has 0 bridgehead atoms. The Morgan fingerprint density at radius 3 is 1.63 bits per heavy atom. The van der Waals surface area contributed by atoms with Gasteiger partial charge in [-0.15, -0.1) is 0 Å². The fourth-order valence-corrected chi connectivity index (χ4v) is 2.00. The van der Waals surface area contributed by atoms with Crippen LogP contribution in [0.25, 0.3) is 0 Å². The minimum atomic E-state index is -1.19. The summed E-state index contributed by atoms with van der Waals surface area (Å²) < 4.78 is 0. The summed E-state index contributed by atoms with van der Waals surface area (Å²) in [5.74, 6) is -3.88. The van der Waals surface area contributed by atoms with Gasteiger partial charge in [-0.1, -0.05) is 26.7 Å². The quantitative estimate of drug-likeness (QED) is 0.305. The maximum atomic E-state index is 12.0. The molecule has 0 atom stereocenters. The first-order valence-corrected chi connectivity index (χ1v) is 9.03. The number of carboxylic acids is 3. The molecule has 0 rings (SSSR count). The van der Waals surface area contributed by atoms with Gasteiger partial charge in [-0.3, -0.25) is 24.1 Å². The fraction of sp³-hybridized carbons (Fsp3) is 0.765. The van der Waals surface area contributed by atoms with Crippen LogP contribution in [0.1, 0.15) is 46.0 Å². The van der Waals surface area contributed by atoms with E-state index in [1.165, 1.54) is 0 Å². The van der Waals surface area contributed by atoms with Crippen LogP contribution >= 0.6 is 0 Å². The molecule has 0 aromatic carbocycles. The maximum absolute atomic E-state index is 12.0. The monoisotopic (exact) mass is 391 g/mol. The van der Waals surface area contributed by atoms with E-state index in [9.17, 15) is 19.2 Å². The lowest BCUT2D eigenvalue weighted by molar-refractivity contribution is -0.145. The summed E-state index contributed by atoms with van der Waals surface area (Å²) in [7, 11) is 0. The van der Waals surface area contributed by atoms with E-state index in [0.717, 1.165) is 35.6 Å². The van der Waals surface area contributed by atoms with Gasteiger partial charge in [0.05, 0.1) is 13.1 Å². The number of aliphatic carboxylic acids is 3. The van der Waals surface area contributed by atoms with E-state index >= 15 is 0 Å². The number of amides is 1. The molecule has 0 aliphatic rings. The summed E-state index contributed by atoms with van der Waals surface area (Å²) in [6.07, 6.45) is 3.76. The van der Waals surface area contributed by atoms with Gasteiger partial charge in [-0.25, -0.2) is 0 Å². The zero-order valence-corrected chi connectivity index (χ0v) is 16.2. The van der Waals surface area contributed by atoms with Crippen LogP contribution < -0.4 is 5.73 Å². The Balaban J connectivity index is 0. The molecule has 0 aromatic rings. The van der Waals surface area contributed by atoms with Gasteiger partial charge in [-0.2, -0.15) is 0 Å². The third-order valence-corrected chi connectivity index (χ3v) is 3.37. The van der Waals surface area contributed by atoms with Crippen molar-refractivity contribution in [3.8, 4) is 0 Å². The predicted octanol–water partition coefficient (Wildman–Crippen LogP) is 0.306.